The van der Waals surface area contributed by atoms with E-state index in [9.17, 15) is 4.79 Å². The molecule has 0 spiro atoms. The van der Waals surface area contributed by atoms with Gasteiger partial charge in [0.25, 0.3) is 5.91 Å². The van der Waals surface area contributed by atoms with E-state index in [1.54, 1.807) is 12.1 Å². The number of unbranched alkanes of at least 4 members (excludes halogenated alkanes) is 1. The van der Waals surface area contributed by atoms with Gasteiger partial charge in [-0.25, -0.2) is 0 Å². The third kappa shape index (κ3) is 4.13. The van der Waals surface area contributed by atoms with Crippen LogP contribution in [0.1, 0.15) is 36.5 Å². The third-order valence-electron chi connectivity index (χ3n) is 4.90. The third-order valence-corrected chi connectivity index (χ3v) is 4.90. The van der Waals surface area contributed by atoms with E-state index in [-0.39, 0.29) is 11.9 Å². The van der Waals surface area contributed by atoms with Crippen molar-refractivity contribution in [1.82, 2.24) is 4.90 Å². The number of carbonyl (C=O) groups is 1. The summed E-state index contributed by atoms with van der Waals surface area (Å²) in [6.07, 6.45) is 3.13. The maximum Gasteiger partial charge on any atom is 0.254 e. The molecular formula is C21H27N3O. The summed E-state index contributed by atoms with van der Waals surface area (Å²) in [5.74, 6) is 0.119. The van der Waals surface area contributed by atoms with E-state index in [0.29, 0.717) is 5.69 Å². The Hall–Kier alpha value is -2.49. The van der Waals surface area contributed by atoms with Crippen molar-refractivity contribution in [3.05, 3.63) is 60.2 Å². The summed E-state index contributed by atoms with van der Waals surface area (Å²) >= 11 is 0. The van der Waals surface area contributed by atoms with Crippen molar-refractivity contribution in [3.8, 4) is 0 Å². The van der Waals surface area contributed by atoms with Crippen LogP contribution in [0.4, 0.5) is 11.4 Å². The first-order chi connectivity index (χ1) is 12.2. The van der Waals surface area contributed by atoms with Gasteiger partial charge in [0.2, 0.25) is 0 Å². The SMILES string of the molecule is CCCCN(C(=O)c1ccc(N)cc1)C1CCN(c2ccccc2)C1. The Morgan fingerprint density at radius 1 is 1.16 bits per heavy atom. The molecule has 0 aromatic heterocycles. The fourth-order valence-electron chi connectivity index (χ4n) is 3.44. The fourth-order valence-corrected chi connectivity index (χ4v) is 3.44. The number of benzene rings is 2. The number of nitrogen functional groups attached to an aromatic ring is 1. The first kappa shape index (κ1) is 17.3. The maximum atomic E-state index is 13.1. The molecule has 2 aromatic rings. The molecule has 1 aliphatic heterocycles. The van der Waals surface area contributed by atoms with Crippen LogP contribution in [0.2, 0.25) is 0 Å². The molecule has 0 radical (unpaired) electrons. The topological polar surface area (TPSA) is 49.6 Å². The number of carbonyl (C=O) groups excluding carboxylic acids is 1. The molecule has 0 aliphatic carbocycles. The molecule has 2 aromatic carbocycles. The van der Waals surface area contributed by atoms with E-state index in [2.05, 4.69) is 41.0 Å². The van der Waals surface area contributed by atoms with Gasteiger partial charge in [-0.05, 0) is 49.2 Å². The second kappa shape index (κ2) is 8.06. The fraction of sp³-hybridized carbons (Fsp3) is 0.381. The Bertz CT molecular complexity index is 684. The molecule has 0 saturated carbocycles. The highest BCUT2D eigenvalue weighted by Crippen LogP contribution is 2.24. The predicted octanol–water partition coefficient (Wildman–Crippen LogP) is 3.79. The maximum absolute atomic E-state index is 13.1. The van der Waals surface area contributed by atoms with Crippen LogP contribution in [-0.4, -0.2) is 36.5 Å². The van der Waals surface area contributed by atoms with Crippen LogP contribution in [0.5, 0.6) is 0 Å². The van der Waals surface area contributed by atoms with Crippen LogP contribution in [0.3, 0.4) is 0 Å². The molecule has 132 valence electrons. The molecule has 1 unspecified atom stereocenters. The lowest BCUT2D eigenvalue weighted by Crippen LogP contribution is -2.42. The summed E-state index contributed by atoms with van der Waals surface area (Å²) in [5, 5.41) is 0. The van der Waals surface area contributed by atoms with Crippen molar-refractivity contribution >= 4 is 17.3 Å². The predicted molar refractivity (Wildman–Crippen MR) is 104 cm³/mol. The number of hydrogen-bond donors (Lipinski definition) is 1. The first-order valence-electron chi connectivity index (χ1n) is 9.15. The van der Waals surface area contributed by atoms with Crippen molar-refractivity contribution in [2.75, 3.05) is 30.3 Å². The summed E-state index contributed by atoms with van der Waals surface area (Å²) in [6, 6.07) is 18.0. The van der Waals surface area contributed by atoms with Gasteiger partial charge in [0.05, 0.1) is 6.04 Å². The molecule has 1 fully saturated rings. The van der Waals surface area contributed by atoms with E-state index in [0.717, 1.165) is 44.5 Å². The average molecular weight is 337 g/mol. The number of rotatable bonds is 6. The summed E-state index contributed by atoms with van der Waals surface area (Å²) in [5.41, 5.74) is 8.41. The van der Waals surface area contributed by atoms with Gasteiger partial charge >= 0.3 is 0 Å². The Morgan fingerprint density at radius 3 is 2.56 bits per heavy atom. The van der Waals surface area contributed by atoms with Crippen LogP contribution in [0, 0.1) is 0 Å². The normalized spacial score (nSPS) is 16.8. The van der Waals surface area contributed by atoms with E-state index in [4.69, 9.17) is 5.73 Å². The average Bonchev–Trinajstić information content (AvgIpc) is 3.13. The highest BCUT2D eigenvalue weighted by Gasteiger charge is 2.31. The van der Waals surface area contributed by atoms with Gasteiger partial charge in [-0.15, -0.1) is 0 Å². The van der Waals surface area contributed by atoms with Crippen molar-refractivity contribution in [1.29, 1.82) is 0 Å². The Morgan fingerprint density at radius 2 is 1.88 bits per heavy atom. The quantitative estimate of drug-likeness (QED) is 0.816. The molecule has 1 heterocycles. The Labute approximate surface area is 150 Å². The van der Waals surface area contributed by atoms with Crippen LogP contribution >= 0.6 is 0 Å². The molecule has 1 atom stereocenters. The number of hydrogen-bond acceptors (Lipinski definition) is 3. The van der Waals surface area contributed by atoms with E-state index < -0.39 is 0 Å². The summed E-state index contributed by atoms with van der Waals surface area (Å²) in [4.78, 5) is 17.5. The monoisotopic (exact) mass is 337 g/mol. The number of nitrogens with zero attached hydrogens (tertiary/aromatic N) is 2. The molecule has 25 heavy (non-hydrogen) atoms. The van der Waals surface area contributed by atoms with Gasteiger partial charge in [0, 0.05) is 36.6 Å². The summed E-state index contributed by atoms with van der Waals surface area (Å²) in [6.45, 7) is 4.87. The van der Waals surface area contributed by atoms with Crippen LogP contribution < -0.4 is 10.6 Å². The van der Waals surface area contributed by atoms with Gasteiger partial charge in [0.1, 0.15) is 0 Å². The molecular weight excluding hydrogens is 310 g/mol. The highest BCUT2D eigenvalue weighted by molar-refractivity contribution is 5.94. The van der Waals surface area contributed by atoms with Crippen molar-refractivity contribution < 1.29 is 4.79 Å². The molecule has 0 bridgehead atoms. The second-order valence-corrected chi connectivity index (χ2v) is 6.70. The van der Waals surface area contributed by atoms with Gasteiger partial charge in [-0.2, -0.15) is 0 Å². The lowest BCUT2D eigenvalue weighted by atomic mass is 10.1. The second-order valence-electron chi connectivity index (χ2n) is 6.70. The van der Waals surface area contributed by atoms with Crippen molar-refractivity contribution in [3.63, 3.8) is 0 Å². The molecule has 1 amide bonds. The smallest absolute Gasteiger partial charge is 0.254 e. The Kier molecular flexibility index (Phi) is 5.59. The van der Waals surface area contributed by atoms with Crippen LogP contribution in [0.15, 0.2) is 54.6 Å². The van der Waals surface area contributed by atoms with Crippen LogP contribution in [-0.2, 0) is 0 Å². The minimum atomic E-state index is 0.119. The zero-order valence-corrected chi connectivity index (χ0v) is 14.9. The molecule has 4 nitrogen and oxygen atoms in total. The zero-order valence-electron chi connectivity index (χ0n) is 14.9. The standard InChI is InChI=1S/C21H27N3O/c1-2-3-14-24(21(25)17-9-11-18(22)12-10-17)20-13-15-23(16-20)19-7-5-4-6-8-19/h4-12,20H,2-3,13-16,22H2,1H3. The molecule has 1 saturated heterocycles. The number of para-hydroxylation sites is 1. The minimum Gasteiger partial charge on any atom is -0.399 e. The van der Waals surface area contributed by atoms with Crippen molar-refractivity contribution in [2.24, 2.45) is 0 Å². The molecule has 1 aliphatic rings. The summed E-state index contributed by atoms with van der Waals surface area (Å²) in [7, 11) is 0. The van der Waals surface area contributed by atoms with Crippen molar-refractivity contribution in [2.45, 2.75) is 32.2 Å². The van der Waals surface area contributed by atoms with E-state index in [1.165, 1.54) is 5.69 Å². The first-order valence-corrected chi connectivity index (χ1v) is 9.15. The van der Waals surface area contributed by atoms with Crippen LogP contribution in [0.25, 0.3) is 0 Å². The minimum absolute atomic E-state index is 0.119. The summed E-state index contributed by atoms with van der Waals surface area (Å²) < 4.78 is 0. The number of amides is 1. The molecule has 4 heteroatoms. The lowest BCUT2D eigenvalue weighted by Gasteiger charge is -2.29. The number of nitrogens with two attached hydrogens (primary N) is 1. The van der Waals surface area contributed by atoms with Gasteiger partial charge in [-0.1, -0.05) is 31.5 Å². The van der Waals surface area contributed by atoms with Gasteiger partial charge in [0.15, 0.2) is 0 Å². The largest absolute Gasteiger partial charge is 0.399 e. The molecule has 3 rings (SSSR count). The zero-order chi connectivity index (χ0) is 17.6. The Balaban J connectivity index is 1.74. The molecule has 2 N–H and O–H groups in total. The van der Waals surface area contributed by atoms with Gasteiger partial charge in [-0.3, -0.25) is 4.79 Å². The highest BCUT2D eigenvalue weighted by atomic mass is 16.2. The van der Waals surface area contributed by atoms with Gasteiger partial charge < -0.3 is 15.5 Å². The number of anilines is 2. The van der Waals surface area contributed by atoms with E-state index >= 15 is 0 Å². The van der Waals surface area contributed by atoms with E-state index in [1.807, 2.05) is 18.2 Å². The lowest BCUT2D eigenvalue weighted by molar-refractivity contribution is 0.0691.